The molecular formula is C14H17N5O. The van der Waals surface area contributed by atoms with E-state index in [4.69, 9.17) is 5.73 Å². The predicted molar refractivity (Wildman–Crippen MR) is 77.8 cm³/mol. The Morgan fingerprint density at radius 1 is 1.20 bits per heavy atom. The van der Waals surface area contributed by atoms with Crippen LogP contribution in [-0.2, 0) is 6.54 Å². The average Bonchev–Trinajstić information content (AvgIpc) is 2.53. The van der Waals surface area contributed by atoms with Crippen molar-refractivity contribution < 1.29 is 4.79 Å². The first kappa shape index (κ1) is 14.0. The topological polar surface area (TPSA) is 84.1 Å². The maximum absolute atomic E-state index is 11.4. The van der Waals surface area contributed by atoms with E-state index in [1.165, 1.54) is 0 Å². The maximum atomic E-state index is 11.4. The molecule has 0 saturated heterocycles. The number of carbonyl (C=O) groups is 1. The lowest BCUT2D eigenvalue weighted by Gasteiger charge is -2.18. The Bertz CT molecular complexity index is 580. The molecule has 0 unspecified atom stereocenters. The average molecular weight is 271 g/mol. The Morgan fingerprint density at radius 2 is 1.90 bits per heavy atom. The van der Waals surface area contributed by atoms with Gasteiger partial charge in [0, 0.05) is 26.3 Å². The number of anilines is 2. The van der Waals surface area contributed by atoms with Gasteiger partial charge in [0.05, 0.1) is 0 Å². The second kappa shape index (κ2) is 6.12. The standard InChI is InChI=1S/C14H17N5O/c1-16-14(20)12-7-8-13(18-17-12)19(2)11-5-3-10(9-15)4-6-11/h3-8H,9,15H2,1-2H3,(H,16,20). The fraction of sp³-hybridized carbons (Fsp3) is 0.214. The summed E-state index contributed by atoms with van der Waals surface area (Å²) in [6.45, 7) is 0.518. The third-order valence-electron chi connectivity index (χ3n) is 3.01. The molecule has 2 aromatic rings. The molecule has 1 aromatic carbocycles. The van der Waals surface area contributed by atoms with Gasteiger partial charge < -0.3 is 16.0 Å². The van der Waals surface area contributed by atoms with Crippen LogP contribution in [0.25, 0.3) is 0 Å². The second-order valence-corrected chi connectivity index (χ2v) is 4.29. The van der Waals surface area contributed by atoms with Gasteiger partial charge in [0.25, 0.3) is 5.91 Å². The zero-order valence-corrected chi connectivity index (χ0v) is 11.5. The number of benzene rings is 1. The van der Waals surface area contributed by atoms with Crippen LogP contribution < -0.4 is 16.0 Å². The molecule has 1 heterocycles. The molecule has 1 amide bonds. The van der Waals surface area contributed by atoms with Crippen molar-refractivity contribution in [2.24, 2.45) is 5.73 Å². The maximum Gasteiger partial charge on any atom is 0.271 e. The van der Waals surface area contributed by atoms with E-state index in [2.05, 4.69) is 15.5 Å². The summed E-state index contributed by atoms with van der Waals surface area (Å²) in [7, 11) is 3.45. The number of nitrogens with one attached hydrogen (secondary N) is 1. The molecule has 1 aromatic heterocycles. The SMILES string of the molecule is CNC(=O)c1ccc(N(C)c2ccc(CN)cc2)nn1. The highest BCUT2D eigenvalue weighted by molar-refractivity contribution is 5.91. The lowest BCUT2D eigenvalue weighted by molar-refractivity contribution is 0.0957. The van der Waals surface area contributed by atoms with Gasteiger partial charge in [-0.25, -0.2) is 0 Å². The highest BCUT2D eigenvalue weighted by Crippen LogP contribution is 2.21. The van der Waals surface area contributed by atoms with E-state index in [0.29, 0.717) is 18.1 Å². The summed E-state index contributed by atoms with van der Waals surface area (Å²) < 4.78 is 0. The Balaban J connectivity index is 2.19. The Labute approximate surface area is 117 Å². The van der Waals surface area contributed by atoms with Gasteiger partial charge >= 0.3 is 0 Å². The third kappa shape index (κ3) is 2.92. The number of amides is 1. The van der Waals surface area contributed by atoms with Crippen molar-refractivity contribution in [1.29, 1.82) is 0 Å². The molecule has 0 fully saturated rings. The molecule has 3 N–H and O–H groups in total. The molecule has 0 radical (unpaired) electrons. The minimum absolute atomic E-state index is 0.251. The van der Waals surface area contributed by atoms with Gasteiger partial charge in [-0.1, -0.05) is 12.1 Å². The number of carbonyl (C=O) groups excluding carboxylic acids is 1. The van der Waals surface area contributed by atoms with Crippen LogP contribution in [0.3, 0.4) is 0 Å². The number of nitrogens with zero attached hydrogens (tertiary/aromatic N) is 3. The molecule has 6 heteroatoms. The van der Waals surface area contributed by atoms with Crippen LogP contribution in [0.2, 0.25) is 0 Å². The lowest BCUT2D eigenvalue weighted by Crippen LogP contribution is -2.20. The van der Waals surface area contributed by atoms with Crippen LogP contribution in [0.5, 0.6) is 0 Å². The second-order valence-electron chi connectivity index (χ2n) is 4.29. The van der Waals surface area contributed by atoms with Crippen LogP contribution in [0.4, 0.5) is 11.5 Å². The van der Waals surface area contributed by atoms with Crippen molar-refractivity contribution in [2.75, 3.05) is 19.0 Å². The Morgan fingerprint density at radius 3 is 2.40 bits per heavy atom. The molecule has 0 spiro atoms. The fourth-order valence-electron chi connectivity index (χ4n) is 1.74. The van der Waals surface area contributed by atoms with Crippen LogP contribution in [0, 0.1) is 0 Å². The predicted octanol–water partition coefficient (Wildman–Crippen LogP) is 1.06. The molecule has 2 rings (SSSR count). The minimum Gasteiger partial charge on any atom is -0.354 e. The minimum atomic E-state index is -0.251. The van der Waals surface area contributed by atoms with E-state index in [9.17, 15) is 4.79 Å². The van der Waals surface area contributed by atoms with Crippen LogP contribution in [0.1, 0.15) is 16.1 Å². The summed E-state index contributed by atoms with van der Waals surface area (Å²) in [6, 6.07) is 11.3. The van der Waals surface area contributed by atoms with E-state index in [1.807, 2.05) is 36.2 Å². The van der Waals surface area contributed by atoms with E-state index in [1.54, 1.807) is 19.2 Å². The smallest absolute Gasteiger partial charge is 0.271 e. The van der Waals surface area contributed by atoms with E-state index in [0.717, 1.165) is 11.3 Å². The van der Waals surface area contributed by atoms with E-state index < -0.39 is 0 Å². The molecule has 0 aliphatic heterocycles. The molecule has 0 atom stereocenters. The summed E-state index contributed by atoms with van der Waals surface area (Å²) in [5.41, 5.74) is 7.91. The van der Waals surface area contributed by atoms with Crippen molar-refractivity contribution in [3.8, 4) is 0 Å². The van der Waals surface area contributed by atoms with Gasteiger partial charge in [-0.2, -0.15) is 0 Å². The first-order chi connectivity index (χ1) is 9.65. The highest BCUT2D eigenvalue weighted by atomic mass is 16.1. The van der Waals surface area contributed by atoms with Crippen LogP contribution in [0.15, 0.2) is 36.4 Å². The van der Waals surface area contributed by atoms with Gasteiger partial charge in [0.15, 0.2) is 11.5 Å². The zero-order valence-electron chi connectivity index (χ0n) is 11.5. The molecule has 0 bridgehead atoms. The number of nitrogens with two attached hydrogens (primary N) is 1. The molecule has 6 nitrogen and oxygen atoms in total. The summed E-state index contributed by atoms with van der Waals surface area (Å²) in [6.07, 6.45) is 0. The van der Waals surface area contributed by atoms with Gasteiger partial charge in [0.2, 0.25) is 0 Å². The fourth-order valence-corrected chi connectivity index (χ4v) is 1.74. The van der Waals surface area contributed by atoms with Crippen LogP contribution >= 0.6 is 0 Å². The molecule has 0 aliphatic rings. The monoisotopic (exact) mass is 271 g/mol. The number of rotatable bonds is 4. The van der Waals surface area contributed by atoms with Gasteiger partial charge in [-0.15, -0.1) is 10.2 Å². The third-order valence-corrected chi connectivity index (χ3v) is 3.01. The van der Waals surface area contributed by atoms with Crippen molar-refractivity contribution in [1.82, 2.24) is 15.5 Å². The van der Waals surface area contributed by atoms with Gasteiger partial charge in [-0.05, 0) is 29.8 Å². The molecule has 20 heavy (non-hydrogen) atoms. The lowest BCUT2D eigenvalue weighted by atomic mass is 10.2. The van der Waals surface area contributed by atoms with E-state index in [-0.39, 0.29) is 5.91 Å². The quantitative estimate of drug-likeness (QED) is 0.868. The summed E-state index contributed by atoms with van der Waals surface area (Å²) in [5, 5.41) is 10.5. The summed E-state index contributed by atoms with van der Waals surface area (Å²) >= 11 is 0. The number of aromatic nitrogens is 2. The van der Waals surface area contributed by atoms with Crippen LogP contribution in [-0.4, -0.2) is 30.2 Å². The largest absolute Gasteiger partial charge is 0.354 e. The molecule has 0 saturated carbocycles. The van der Waals surface area contributed by atoms with Crippen molar-refractivity contribution in [3.63, 3.8) is 0 Å². The number of hydrogen-bond acceptors (Lipinski definition) is 5. The van der Waals surface area contributed by atoms with Crippen molar-refractivity contribution in [2.45, 2.75) is 6.54 Å². The van der Waals surface area contributed by atoms with Gasteiger partial charge in [-0.3, -0.25) is 4.79 Å². The normalized spacial score (nSPS) is 10.2. The molecule has 0 aliphatic carbocycles. The zero-order chi connectivity index (χ0) is 14.5. The first-order valence-corrected chi connectivity index (χ1v) is 6.24. The molecule has 104 valence electrons. The Kier molecular flexibility index (Phi) is 4.27. The molecular weight excluding hydrogens is 254 g/mol. The summed E-state index contributed by atoms with van der Waals surface area (Å²) in [5.74, 6) is 0.414. The van der Waals surface area contributed by atoms with E-state index >= 15 is 0 Å². The number of hydrogen-bond donors (Lipinski definition) is 2. The van der Waals surface area contributed by atoms with Crippen molar-refractivity contribution >= 4 is 17.4 Å². The first-order valence-electron chi connectivity index (χ1n) is 6.24. The van der Waals surface area contributed by atoms with Crippen molar-refractivity contribution in [3.05, 3.63) is 47.7 Å². The van der Waals surface area contributed by atoms with Gasteiger partial charge in [0.1, 0.15) is 0 Å². The Hall–Kier alpha value is -2.47. The highest BCUT2D eigenvalue weighted by Gasteiger charge is 2.09. The summed E-state index contributed by atoms with van der Waals surface area (Å²) in [4.78, 5) is 13.3.